The summed E-state index contributed by atoms with van der Waals surface area (Å²) in [5, 5.41) is 3.00. The Hall–Kier alpha value is -1.92. The maximum atomic E-state index is 12.4. The highest BCUT2D eigenvalue weighted by Crippen LogP contribution is 2.15. The predicted molar refractivity (Wildman–Crippen MR) is 109 cm³/mol. The number of carbonyl (C=O) groups is 2. The van der Waals surface area contributed by atoms with E-state index in [1.165, 1.54) is 5.56 Å². The first-order valence-electron chi connectivity index (χ1n) is 10.4. The summed E-state index contributed by atoms with van der Waals surface area (Å²) in [7, 11) is 0. The van der Waals surface area contributed by atoms with Crippen LogP contribution >= 0.6 is 0 Å². The molecule has 0 bridgehead atoms. The number of hydrogen-bond donors (Lipinski definition) is 1. The zero-order valence-electron chi connectivity index (χ0n) is 17.3. The average molecular weight is 388 g/mol. The van der Waals surface area contributed by atoms with E-state index in [1.807, 2.05) is 29.2 Å². The highest BCUT2D eigenvalue weighted by atomic mass is 16.5. The van der Waals surface area contributed by atoms with Crippen molar-refractivity contribution in [2.75, 3.05) is 32.7 Å². The monoisotopic (exact) mass is 387 g/mol. The standard InChI is InChI=1S/C22H33N3O3/c1-16(12-25-10-4-5-21(25)26)11-23-22(27)20-8-6-19(7-9-20)15-24-13-17(2)28-18(3)14-24/h6-9,16-18H,4-5,10-15H2,1-3H3,(H,23,27)/t16-,17-,18+/m0/s1. The van der Waals surface area contributed by atoms with Crippen molar-refractivity contribution >= 4 is 11.8 Å². The highest BCUT2D eigenvalue weighted by Gasteiger charge is 2.23. The lowest BCUT2D eigenvalue weighted by molar-refractivity contribution is -0.128. The molecule has 1 N–H and O–H groups in total. The van der Waals surface area contributed by atoms with E-state index in [2.05, 4.69) is 31.0 Å². The SMILES string of the molecule is C[C@@H](CNC(=O)c1ccc(CN2C[C@@H](C)O[C@@H](C)C2)cc1)CN1CCCC1=O. The Morgan fingerprint density at radius 2 is 1.89 bits per heavy atom. The summed E-state index contributed by atoms with van der Waals surface area (Å²) < 4.78 is 5.78. The first kappa shape index (κ1) is 20.8. The van der Waals surface area contributed by atoms with Crippen molar-refractivity contribution in [3.63, 3.8) is 0 Å². The van der Waals surface area contributed by atoms with Crippen molar-refractivity contribution < 1.29 is 14.3 Å². The molecule has 1 aromatic carbocycles. The van der Waals surface area contributed by atoms with Crippen LogP contribution in [0, 0.1) is 5.92 Å². The number of morpholine rings is 1. The summed E-state index contributed by atoms with van der Waals surface area (Å²) in [6, 6.07) is 7.86. The number of hydrogen-bond acceptors (Lipinski definition) is 4. The fourth-order valence-corrected chi connectivity index (χ4v) is 4.14. The van der Waals surface area contributed by atoms with E-state index < -0.39 is 0 Å². The lowest BCUT2D eigenvalue weighted by Crippen LogP contribution is -2.44. The molecule has 6 heteroatoms. The summed E-state index contributed by atoms with van der Waals surface area (Å²) in [5.41, 5.74) is 1.88. The molecule has 0 aliphatic carbocycles. The summed E-state index contributed by atoms with van der Waals surface area (Å²) >= 11 is 0. The third-order valence-corrected chi connectivity index (χ3v) is 5.43. The molecule has 2 aliphatic rings. The quantitative estimate of drug-likeness (QED) is 0.780. The number of carbonyl (C=O) groups excluding carboxylic acids is 2. The second kappa shape index (κ2) is 9.52. The van der Waals surface area contributed by atoms with Gasteiger partial charge in [-0.2, -0.15) is 0 Å². The number of likely N-dealkylation sites (tertiary alicyclic amines) is 1. The van der Waals surface area contributed by atoms with Gasteiger partial charge in [0.15, 0.2) is 0 Å². The second-order valence-electron chi connectivity index (χ2n) is 8.41. The molecule has 0 aromatic heterocycles. The third kappa shape index (κ3) is 5.79. The van der Waals surface area contributed by atoms with Crippen LogP contribution in [-0.2, 0) is 16.1 Å². The van der Waals surface area contributed by atoms with E-state index >= 15 is 0 Å². The van der Waals surface area contributed by atoms with Crippen LogP contribution in [-0.4, -0.2) is 66.5 Å². The minimum atomic E-state index is -0.0558. The number of amides is 2. The summed E-state index contributed by atoms with van der Waals surface area (Å²) in [4.78, 5) is 28.4. The zero-order chi connectivity index (χ0) is 20.1. The molecule has 0 spiro atoms. The van der Waals surface area contributed by atoms with Crippen molar-refractivity contribution in [3.05, 3.63) is 35.4 Å². The van der Waals surface area contributed by atoms with Gasteiger partial charge in [0, 0.05) is 51.3 Å². The van der Waals surface area contributed by atoms with Gasteiger partial charge in [-0.15, -0.1) is 0 Å². The van der Waals surface area contributed by atoms with Gasteiger partial charge in [-0.25, -0.2) is 0 Å². The molecule has 2 amide bonds. The predicted octanol–water partition coefficient (Wildman–Crippen LogP) is 2.28. The average Bonchev–Trinajstić information content (AvgIpc) is 3.04. The molecule has 154 valence electrons. The molecule has 2 saturated heterocycles. The van der Waals surface area contributed by atoms with Gasteiger partial charge in [-0.3, -0.25) is 14.5 Å². The van der Waals surface area contributed by atoms with Crippen LogP contribution in [0.4, 0.5) is 0 Å². The lowest BCUT2D eigenvalue weighted by Gasteiger charge is -2.35. The van der Waals surface area contributed by atoms with Gasteiger partial charge in [0.25, 0.3) is 5.91 Å². The van der Waals surface area contributed by atoms with Crippen molar-refractivity contribution in [2.45, 2.75) is 52.4 Å². The zero-order valence-corrected chi connectivity index (χ0v) is 17.3. The van der Waals surface area contributed by atoms with E-state index in [-0.39, 0.29) is 29.9 Å². The summed E-state index contributed by atoms with van der Waals surface area (Å²) in [5.74, 6) is 0.424. The molecule has 2 aliphatic heterocycles. The molecule has 0 unspecified atom stereocenters. The van der Waals surface area contributed by atoms with Crippen LogP contribution in [0.3, 0.4) is 0 Å². The maximum Gasteiger partial charge on any atom is 0.251 e. The molecular weight excluding hydrogens is 354 g/mol. The van der Waals surface area contributed by atoms with Crippen molar-refractivity contribution in [1.82, 2.24) is 15.1 Å². The first-order valence-corrected chi connectivity index (χ1v) is 10.4. The molecule has 0 saturated carbocycles. The molecule has 0 radical (unpaired) electrons. The van der Waals surface area contributed by atoms with E-state index in [0.717, 1.165) is 32.6 Å². The normalized spacial score (nSPS) is 24.4. The van der Waals surface area contributed by atoms with Gasteiger partial charge < -0.3 is 15.0 Å². The fraction of sp³-hybridized carbons (Fsp3) is 0.636. The fourth-order valence-electron chi connectivity index (χ4n) is 4.14. The highest BCUT2D eigenvalue weighted by molar-refractivity contribution is 5.94. The number of nitrogens with one attached hydrogen (secondary N) is 1. The molecule has 3 rings (SSSR count). The van der Waals surface area contributed by atoms with Gasteiger partial charge in [0.2, 0.25) is 5.91 Å². The van der Waals surface area contributed by atoms with E-state index in [1.54, 1.807) is 0 Å². The van der Waals surface area contributed by atoms with Crippen LogP contribution in [0.5, 0.6) is 0 Å². The maximum absolute atomic E-state index is 12.4. The Morgan fingerprint density at radius 3 is 2.50 bits per heavy atom. The molecule has 2 heterocycles. The summed E-state index contributed by atoms with van der Waals surface area (Å²) in [6.45, 7) is 11.2. The molecular formula is C22H33N3O3. The topological polar surface area (TPSA) is 61.9 Å². The number of benzene rings is 1. The van der Waals surface area contributed by atoms with Gasteiger partial charge in [0.05, 0.1) is 12.2 Å². The minimum absolute atomic E-state index is 0.0558. The van der Waals surface area contributed by atoms with E-state index in [4.69, 9.17) is 4.74 Å². The third-order valence-electron chi connectivity index (χ3n) is 5.43. The number of ether oxygens (including phenoxy) is 1. The van der Waals surface area contributed by atoms with Crippen LogP contribution in [0.1, 0.15) is 49.5 Å². The first-order chi connectivity index (χ1) is 13.4. The lowest BCUT2D eigenvalue weighted by atomic mass is 10.1. The number of nitrogens with zero attached hydrogens (tertiary/aromatic N) is 2. The van der Waals surface area contributed by atoms with Crippen LogP contribution < -0.4 is 5.32 Å². The largest absolute Gasteiger partial charge is 0.373 e. The van der Waals surface area contributed by atoms with E-state index in [0.29, 0.717) is 25.1 Å². The van der Waals surface area contributed by atoms with Crippen molar-refractivity contribution in [1.29, 1.82) is 0 Å². The Kier molecular flexibility index (Phi) is 7.08. The summed E-state index contributed by atoms with van der Waals surface area (Å²) in [6.07, 6.45) is 2.12. The second-order valence-corrected chi connectivity index (χ2v) is 8.41. The van der Waals surface area contributed by atoms with Gasteiger partial charge in [-0.05, 0) is 43.9 Å². The van der Waals surface area contributed by atoms with Crippen LogP contribution in [0.15, 0.2) is 24.3 Å². The molecule has 2 fully saturated rings. The van der Waals surface area contributed by atoms with Gasteiger partial charge in [-0.1, -0.05) is 19.1 Å². The Morgan fingerprint density at radius 1 is 1.21 bits per heavy atom. The van der Waals surface area contributed by atoms with Crippen LogP contribution in [0.2, 0.25) is 0 Å². The Balaban J connectivity index is 1.44. The minimum Gasteiger partial charge on any atom is -0.373 e. The molecule has 28 heavy (non-hydrogen) atoms. The molecule has 6 nitrogen and oxygen atoms in total. The van der Waals surface area contributed by atoms with Crippen LogP contribution in [0.25, 0.3) is 0 Å². The van der Waals surface area contributed by atoms with Crippen molar-refractivity contribution in [2.24, 2.45) is 5.92 Å². The smallest absolute Gasteiger partial charge is 0.251 e. The molecule has 1 aromatic rings. The van der Waals surface area contributed by atoms with Crippen molar-refractivity contribution in [3.8, 4) is 0 Å². The number of rotatable bonds is 7. The van der Waals surface area contributed by atoms with Gasteiger partial charge >= 0.3 is 0 Å². The van der Waals surface area contributed by atoms with Gasteiger partial charge in [0.1, 0.15) is 0 Å². The Bertz CT molecular complexity index is 666. The van der Waals surface area contributed by atoms with E-state index in [9.17, 15) is 9.59 Å². The Labute approximate surface area is 168 Å². The molecule has 3 atom stereocenters.